The summed E-state index contributed by atoms with van der Waals surface area (Å²) in [5.41, 5.74) is 6.96. The molecule has 36 heavy (non-hydrogen) atoms. The predicted molar refractivity (Wildman–Crippen MR) is 164 cm³/mol. The van der Waals surface area contributed by atoms with Crippen LogP contribution in [0.1, 0.15) is 64.3 Å². The van der Waals surface area contributed by atoms with Gasteiger partial charge in [-0.25, -0.2) is 0 Å². The standard InChI is InChI=1S/C33H32.C2H6.CH4/c1-5-6-9-24(4)29-17-14-26-15-18-30-28(13-12-25-16-19-31(29)33(26)32(25)30)21-22(2)20-27-11-8-7-10-23(27)3;1-2;/h5-19,22H,20-21H2,1-4H3;1-2H3;1H4/b6-5-,24-9+;;. The largest absolute Gasteiger partial charge is 0.0877 e. The Morgan fingerprint density at radius 1 is 0.750 bits per heavy atom. The van der Waals surface area contributed by atoms with E-state index in [1.54, 1.807) is 0 Å². The van der Waals surface area contributed by atoms with E-state index in [1.165, 1.54) is 60.1 Å². The van der Waals surface area contributed by atoms with Crippen molar-refractivity contribution in [3.05, 3.63) is 113 Å². The Labute approximate surface area is 218 Å². The summed E-state index contributed by atoms with van der Waals surface area (Å²) in [5, 5.41) is 8.26. The van der Waals surface area contributed by atoms with Crippen LogP contribution in [0.2, 0.25) is 0 Å². The van der Waals surface area contributed by atoms with Crippen LogP contribution in [0.15, 0.2) is 91.0 Å². The first kappa shape index (κ1) is 27.2. The Morgan fingerprint density at radius 3 is 2.03 bits per heavy atom. The lowest BCUT2D eigenvalue weighted by Gasteiger charge is -2.18. The minimum Gasteiger partial charge on any atom is -0.0877 e. The van der Waals surface area contributed by atoms with Crippen molar-refractivity contribution in [1.29, 1.82) is 0 Å². The number of hydrogen-bond donors (Lipinski definition) is 0. The predicted octanol–water partition coefficient (Wildman–Crippen LogP) is 11.0. The molecule has 0 nitrogen and oxygen atoms in total. The minimum absolute atomic E-state index is 0. The van der Waals surface area contributed by atoms with Crippen LogP contribution in [0, 0.1) is 12.8 Å². The van der Waals surface area contributed by atoms with Crippen molar-refractivity contribution in [1.82, 2.24) is 0 Å². The molecule has 0 radical (unpaired) electrons. The molecule has 0 aliphatic heterocycles. The highest BCUT2D eigenvalue weighted by molar-refractivity contribution is 6.25. The number of aryl methyl sites for hydroxylation is 1. The van der Waals surface area contributed by atoms with E-state index in [1.807, 2.05) is 13.8 Å². The van der Waals surface area contributed by atoms with Crippen LogP contribution in [-0.2, 0) is 12.8 Å². The number of allylic oxidation sites excluding steroid dienone is 4. The van der Waals surface area contributed by atoms with Gasteiger partial charge in [-0.15, -0.1) is 0 Å². The molecular weight excluding hydrogens is 432 g/mol. The molecule has 0 heteroatoms. The van der Waals surface area contributed by atoms with Crippen molar-refractivity contribution >= 4 is 37.9 Å². The third-order valence-corrected chi connectivity index (χ3v) is 7.12. The molecular formula is C36H42. The van der Waals surface area contributed by atoms with E-state index in [-0.39, 0.29) is 7.43 Å². The Hall–Kier alpha value is -3.38. The summed E-state index contributed by atoms with van der Waals surface area (Å²) >= 11 is 0. The lowest BCUT2D eigenvalue weighted by atomic mass is 9.86. The molecule has 0 fully saturated rings. The van der Waals surface area contributed by atoms with Crippen LogP contribution in [0.4, 0.5) is 0 Å². The summed E-state index contributed by atoms with van der Waals surface area (Å²) < 4.78 is 0. The first-order valence-corrected chi connectivity index (χ1v) is 13.1. The second-order valence-corrected chi connectivity index (χ2v) is 9.58. The van der Waals surface area contributed by atoms with Gasteiger partial charge in [-0.2, -0.15) is 0 Å². The molecule has 0 heterocycles. The fourth-order valence-electron chi connectivity index (χ4n) is 5.38. The van der Waals surface area contributed by atoms with Gasteiger partial charge in [0.1, 0.15) is 0 Å². The van der Waals surface area contributed by atoms with Gasteiger partial charge in [0.05, 0.1) is 0 Å². The first-order valence-electron chi connectivity index (χ1n) is 13.1. The molecule has 0 N–H and O–H groups in total. The summed E-state index contributed by atoms with van der Waals surface area (Å²) in [6.45, 7) is 12.9. The van der Waals surface area contributed by atoms with Gasteiger partial charge in [-0.3, -0.25) is 0 Å². The van der Waals surface area contributed by atoms with Crippen molar-refractivity contribution in [3.63, 3.8) is 0 Å². The molecule has 0 aromatic heterocycles. The van der Waals surface area contributed by atoms with Crippen LogP contribution in [0.3, 0.4) is 0 Å². The average Bonchev–Trinajstić information content (AvgIpc) is 2.89. The monoisotopic (exact) mass is 474 g/mol. The highest BCUT2D eigenvalue weighted by atomic mass is 14.2. The van der Waals surface area contributed by atoms with E-state index < -0.39 is 0 Å². The van der Waals surface area contributed by atoms with Gasteiger partial charge >= 0.3 is 0 Å². The summed E-state index contributed by atoms with van der Waals surface area (Å²) in [4.78, 5) is 0. The lowest BCUT2D eigenvalue weighted by molar-refractivity contribution is 0.578. The highest BCUT2D eigenvalue weighted by Crippen LogP contribution is 2.39. The second kappa shape index (κ2) is 12.0. The van der Waals surface area contributed by atoms with Gasteiger partial charge in [0.25, 0.3) is 0 Å². The van der Waals surface area contributed by atoms with Crippen LogP contribution < -0.4 is 0 Å². The van der Waals surface area contributed by atoms with Crippen molar-refractivity contribution in [3.8, 4) is 0 Å². The van der Waals surface area contributed by atoms with Crippen LogP contribution >= 0.6 is 0 Å². The zero-order valence-electron chi connectivity index (χ0n) is 22.2. The van der Waals surface area contributed by atoms with E-state index in [4.69, 9.17) is 0 Å². The molecule has 1 atom stereocenters. The van der Waals surface area contributed by atoms with Crippen molar-refractivity contribution < 1.29 is 0 Å². The Kier molecular flexibility index (Phi) is 9.10. The first-order chi connectivity index (χ1) is 17.1. The molecule has 5 rings (SSSR count). The molecule has 0 aliphatic carbocycles. The number of benzene rings is 5. The molecule has 0 spiro atoms. The molecule has 186 valence electrons. The Bertz CT molecular complexity index is 1500. The fraction of sp³-hybridized carbons (Fsp3) is 0.278. The zero-order valence-corrected chi connectivity index (χ0v) is 22.2. The van der Waals surface area contributed by atoms with Crippen LogP contribution in [0.25, 0.3) is 37.9 Å². The van der Waals surface area contributed by atoms with E-state index in [0.29, 0.717) is 5.92 Å². The topological polar surface area (TPSA) is 0 Å². The Balaban J connectivity index is 0.00000117. The maximum absolute atomic E-state index is 2.39. The molecule has 0 amide bonds. The summed E-state index contributed by atoms with van der Waals surface area (Å²) in [5.74, 6) is 0.589. The van der Waals surface area contributed by atoms with Gasteiger partial charge in [-0.1, -0.05) is 119 Å². The zero-order chi connectivity index (χ0) is 24.9. The van der Waals surface area contributed by atoms with E-state index in [9.17, 15) is 0 Å². The highest BCUT2D eigenvalue weighted by Gasteiger charge is 2.15. The van der Waals surface area contributed by atoms with Crippen LogP contribution in [-0.4, -0.2) is 0 Å². The maximum atomic E-state index is 2.39. The summed E-state index contributed by atoms with van der Waals surface area (Å²) in [6, 6.07) is 27.3. The van der Waals surface area contributed by atoms with Crippen molar-refractivity contribution in [2.45, 2.75) is 61.8 Å². The van der Waals surface area contributed by atoms with E-state index >= 15 is 0 Å². The summed E-state index contributed by atoms with van der Waals surface area (Å²) in [6.07, 6.45) is 8.64. The fourth-order valence-corrected chi connectivity index (χ4v) is 5.38. The van der Waals surface area contributed by atoms with Gasteiger partial charge < -0.3 is 0 Å². The lowest BCUT2D eigenvalue weighted by Crippen LogP contribution is -2.05. The maximum Gasteiger partial charge on any atom is -0.00206 e. The van der Waals surface area contributed by atoms with Crippen LogP contribution in [0.5, 0.6) is 0 Å². The van der Waals surface area contributed by atoms with Gasteiger partial charge in [0.2, 0.25) is 0 Å². The molecule has 5 aromatic rings. The smallest absolute Gasteiger partial charge is 0.00206 e. The van der Waals surface area contributed by atoms with E-state index in [0.717, 1.165) is 12.8 Å². The van der Waals surface area contributed by atoms with Gasteiger partial charge in [0.15, 0.2) is 0 Å². The molecule has 0 aliphatic rings. The SMILES string of the molecule is C.C/C=C\C=C(/C)c1ccc2ccc3c(CC(C)Cc4ccccc4C)ccc4ccc1c2c43.CC. The Morgan fingerprint density at radius 2 is 1.33 bits per heavy atom. The normalized spacial score (nSPS) is 12.7. The minimum atomic E-state index is 0. The second-order valence-electron chi connectivity index (χ2n) is 9.58. The third-order valence-electron chi connectivity index (χ3n) is 7.12. The van der Waals surface area contributed by atoms with Gasteiger partial charge in [0, 0.05) is 0 Å². The molecule has 0 saturated carbocycles. The molecule has 0 bridgehead atoms. The number of rotatable bonds is 6. The van der Waals surface area contributed by atoms with Crippen molar-refractivity contribution in [2.24, 2.45) is 5.92 Å². The average molecular weight is 475 g/mol. The third kappa shape index (κ3) is 5.24. The van der Waals surface area contributed by atoms with Gasteiger partial charge in [-0.05, 0) is 99.7 Å². The molecule has 1 unspecified atom stereocenters. The summed E-state index contributed by atoms with van der Waals surface area (Å²) in [7, 11) is 0. The molecule has 5 aromatic carbocycles. The number of hydrogen-bond acceptors (Lipinski definition) is 0. The molecule has 0 saturated heterocycles. The van der Waals surface area contributed by atoms with Crippen molar-refractivity contribution in [2.75, 3.05) is 0 Å². The van der Waals surface area contributed by atoms with E-state index in [2.05, 4.69) is 119 Å². The quantitative estimate of drug-likeness (QED) is 0.169.